The minimum absolute atomic E-state index is 0.126. The molecular formula is C11H15O5P. The normalized spacial score (nSPS) is 16.1. The first-order valence-electron chi connectivity index (χ1n) is 5.08. The van der Waals surface area contributed by atoms with Crippen molar-refractivity contribution in [3.63, 3.8) is 0 Å². The van der Waals surface area contributed by atoms with Crippen molar-refractivity contribution >= 4 is 13.6 Å². The van der Waals surface area contributed by atoms with Gasteiger partial charge in [-0.3, -0.25) is 9.09 Å². The Morgan fingerprint density at radius 3 is 2.53 bits per heavy atom. The molecule has 0 saturated heterocycles. The average molecular weight is 258 g/mol. The molecule has 0 fully saturated rings. The SMILES string of the molecule is C[C@H](OP(C)(=O)OCc1ccccc1)C(=O)O. The summed E-state index contributed by atoms with van der Waals surface area (Å²) in [7, 11) is -3.35. The highest BCUT2D eigenvalue weighted by atomic mass is 31.2. The molecule has 17 heavy (non-hydrogen) atoms. The van der Waals surface area contributed by atoms with Crippen LogP contribution in [-0.2, 0) is 25.0 Å². The number of carboxylic acid groups (broad SMARTS) is 1. The number of carboxylic acids is 1. The first-order valence-corrected chi connectivity index (χ1v) is 7.07. The Morgan fingerprint density at radius 2 is 2.00 bits per heavy atom. The standard InChI is InChI=1S/C11H15O5P/c1-9(11(12)13)16-17(2,14)15-8-10-6-4-3-5-7-10/h3-7,9H,8H2,1-2H3,(H,12,13)/t9-,17?/m0/s1. The van der Waals surface area contributed by atoms with Crippen LogP contribution in [0.1, 0.15) is 12.5 Å². The highest BCUT2D eigenvalue weighted by molar-refractivity contribution is 7.53. The molecule has 5 nitrogen and oxygen atoms in total. The molecular weight excluding hydrogens is 243 g/mol. The lowest BCUT2D eigenvalue weighted by atomic mass is 10.2. The molecule has 1 unspecified atom stereocenters. The van der Waals surface area contributed by atoms with Crippen molar-refractivity contribution in [1.82, 2.24) is 0 Å². The van der Waals surface area contributed by atoms with E-state index < -0.39 is 19.7 Å². The van der Waals surface area contributed by atoms with Crippen molar-refractivity contribution in [2.24, 2.45) is 0 Å². The third-order valence-corrected chi connectivity index (χ3v) is 3.30. The fourth-order valence-electron chi connectivity index (χ4n) is 1.13. The van der Waals surface area contributed by atoms with Crippen LogP contribution in [0.15, 0.2) is 30.3 Å². The maximum atomic E-state index is 11.8. The van der Waals surface area contributed by atoms with E-state index in [0.717, 1.165) is 5.56 Å². The van der Waals surface area contributed by atoms with E-state index in [2.05, 4.69) is 0 Å². The molecule has 0 heterocycles. The lowest BCUT2D eigenvalue weighted by molar-refractivity contribution is -0.144. The van der Waals surface area contributed by atoms with E-state index in [9.17, 15) is 9.36 Å². The van der Waals surface area contributed by atoms with Crippen LogP contribution in [-0.4, -0.2) is 23.8 Å². The van der Waals surface area contributed by atoms with Crippen LogP contribution in [0.5, 0.6) is 0 Å². The van der Waals surface area contributed by atoms with Gasteiger partial charge in [0.2, 0.25) is 0 Å². The highest BCUT2D eigenvalue weighted by Gasteiger charge is 2.24. The van der Waals surface area contributed by atoms with Gasteiger partial charge in [-0.15, -0.1) is 0 Å². The minimum Gasteiger partial charge on any atom is -0.479 e. The Bertz CT molecular complexity index is 417. The van der Waals surface area contributed by atoms with Crippen LogP contribution in [0.4, 0.5) is 0 Å². The molecule has 0 aliphatic heterocycles. The summed E-state index contributed by atoms with van der Waals surface area (Å²) in [5.74, 6) is -1.17. The Kier molecular flexibility index (Phi) is 4.87. The molecule has 0 aliphatic carbocycles. The second-order valence-corrected chi connectivity index (χ2v) is 5.63. The smallest absolute Gasteiger partial charge is 0.333 e. The van der Waals surface area contributed by atoms with E-state index in [-0.39, 0.29) is 6.61 Å². The zero-order valence-corrected chi connectivity index (χ0v) is 10.6. The van der Waals surface area contributed by atoms with Crippen molar-refractivity contribution < 1.29 is 23.5 Å². The molecule has 0 radical (unpaired) electrons. The predicted octanol–water partition coefficient (Wildman–Crippen LogP) is 2.52. The van der Waals surface area contributed by atoms with E-state index in [1.807, 2.05) is 30.3 Å². The molecule has 1 rings (SSSR count). The monoisotopic (exact) mass is 258 g/mol. The van der Waals surface area contributed by atoms with Gasteiger partial charge in [-0.05, 0) is 12.5 Å². The number of benzene rings is 1. The van der Waals surface area contributed by atoms with E-state index in [1.165, 1.54) is 13.6 Å². The van der Waals surface area contributed by atoms with Crippen molar-refractivity contribution in [1.29, 1.82) is 0 Å². The van der Waals surface area contributed by atoms with Crippen LogP contribution < -0.4 is 0 Å². The molecule has 6 heteroatoms. The van der Waals surface area contributed by atoms with Gasteiger partial charge in [-0.25, -0.2) is 4.79 Å². The quantitative estimate of drug-likeness (QED) is 0.793. The Balaban J connectivity index is 2.50. The van der Waals surface area contributed by atoms with Gasteiger partial charge >= 0.3 is 13.6 Å². The van der Waals surface area contributed by atoms with Crippen molar-refractivity contribution in [2.75, 3.05) is 6.66 Å². The molecule has 1 aromatic rings. The average Bonchev–Trinajstić information content (AvgIpc) is 2.27. The zero-order chi connectivity index (χ0) is 12.9. The first kappa shape index (κ1) is 13.9. The molecule has 0 spiro atoms. The summed E-state index contributed by atoms with van der Waals surface area (Å²) in [6.45, 7) is 2.70. The number of rotatable bonds is 6. The number of hydrogen-bond acceptors (Lipinski definition) is 4. The Morgan fingerprint density at radius 1 is 1.41 bits per heavy atom. The number of carbonyl (C=O) groups is 1. The third kappa shape index (κ3) is 5.13. The van der Waals surface area contributed by atoms with E-state index in [1.54, 1.807) is 0 Å². The van der Waals surface area contributed by atoms with Crippen molar-refractivity contribution in [3.8, 4) is 0 Å². The second-order valence-electron chi connectivity index (χ2n) is 3.62. The van der Waals surface area contributed by atoms with Gasteiger partial charge in [0.1, 0.15) is 0 Å². The molecule has 2 atom stereocenters. The summed E-state index contributed by atoms with van der Waals surface area (Å²) < 4.78 is 21.8. The summed E-state index contributed by atoms with van der Waals surface area (Å²) in [5, 5.41) is 8.63. The summed E-state index contributed by atoms with van der Waals surface area (Å²) in [6, 6.07) is 9.17. The first-order chi connectivity index (χ1) is 7.91. The van der Waals surface area contributed by atoms with Crippen LogP contribution in [0.2, 0.25) is 0 Å². The van der Waals surface area contributed by atoms with Gasteiger partial charge in [0.15, 0.2) is 6.10 Å². The van der Waals surface area contributed by atoms with Gasteiger partial charge in [0.05, 0.1) is 6.61 Å². The topological polar surface area (TPSA) is 72.8 Å². The summed E-state index contributed by atoms with van der Waals surface area (Å²) in [6.07, 6.45) is -1.15. The fourth-order valence-corrected chi connectivity index (χ4v) is 2.24. The lowest BCUT2D eigenvalue weighted by Crippen LogP contribution is -2.18. The van der Waals surface area contributed by atoms with Crippen molar-refractivity contribution in [2.45, 2.75) is 19.6 Å². The van der Waals surface area contributed by atoms with Gasteiger partial charge in [-0.2, -0.15) is 0 Å². The van der Waals surface area contributed by atoms with Crippen LogP contribution in [0.25, 0.3) is 0 Å². The molecule has 0 saturated carbocycles. The third-order valence-electron chi connectivity index (χ3n) is 2.01. The van der Waals surface area contributed by atoms with Crippen LogP contribution in [0, 0.1) is 0 Å². The molecule has 0 aromatic heterocycles. The Labute approximate surface area is 99.9 Å². The molecule has 1 aromatic carbocycles. The molecule has 0 bridgehead atoms. The molecule has 94 valence electrons. The Hall–Kier alpha value is -1.16. The summed E-state index contributed by atoms with van der Waals surface area (Å²) in [5.41, 5.74) is 0.848. The number of hydrogen-bond donors (Lipinski definition) is 1. The zero-order valence-electron chi connectivity index (χ0n) is 9.70. The van der Waals surface area contributed by atoms with Gasteiger partial charge in [0, 0.05) is 6.66 Å². The highest BCUT2D eigenvalue weighted by Crippen LogP contribution is 2.45. The molecule has 0 amide bonds. The van der Waals surface area contributed by atoms with Crippen LogP contribution in [0.3, 0.4) is 0 Å². The van der Waals surface area contributed by atoms with E-state index >= 15 is 0 Å². The van der Waals surface area contributed by atoms with E-state index in [4.69, 9.17) is 14.2 Å². The van der Waals surface area contributed by atoms with Crippen molar-refractivity contribution in [3.05, 3.63) is 35.9 Å². The number of aliphatic carboxylic acids is 1. The summed E-state index contributed by atoms with van der Waals surface area (Å²) in [4.78, 5) is 10.5. The molecule has 1 N–H and O–H groups in total. The maximum absolute atomic E-state index is 11.8. The fraction of sp³-hybridized carbons (Fsp3) is 0.364. The van der Waals surface area contributed by atoms with Gasteiger partial charge < -0.3 is 9.63 Å². The van der Waals surface area contributed by atoms with Gasteiger partial charge in [-0.1, -0.05) is 30.3 Å². The van der Waals surface area contributed by atoms with E-state index in [0.29, 0.717) is 0 Å². The largest absolute Gasteiger partial charge is 0.479 e. The maximum Gasteiger partial charge on any atom is 0.333 e. The predicted molar refractivity (Wildman–Crippen MR) is 62.9 cm³/mol. The lowest BCUT2D eigenvalue weighted by Gasteiger charge is -2.16. The second kappa shape index (κ2) is 5.96. The summed E-state index contributed by atoms with van der Waals surface area (Å²) >= 11 is 0. The molecule has 0 aliphatic rings. The van der Waals surface area contributed by atoms with Gasteiger partial charge in [0.25, 0.3) is 0 Å². The van der Waals surface area contributed by atoms with Crippen LogP contribution >= 0.6 is 7.60 Å². The minimum atomic E-state index is -3.35.